The van der Waals surface area contributed by atoms with Crippen molar-refractivity contribution in [2.24, 2.45) is 11.8 Å². The van der Waals surface area contributed by atoms with E-state index < -0.39 is 44.3 Å². The molecular formula is C32H19Cl3N2O6. The van der Waals surface area contributed by atoms with Crippen LogP contribution < -0.4 is 4.90 Å². The van der Waals surface area contributed by atoms with Crippen molar-refractivity contribution >= 4 is 64.0 Å². The van der Waals surface area contributed by atoms with Gasteiger partial charge in [-0.15, -0.1) is 23.2 Å². The number of nitro groups is 1. The van der Waals surface area contributed by atoms with Crippen LogP contribution >= 0.6 is 34.8 Å². The number of rotatable bonds is 5. The van der Waals surface area contributed by atoms with E-state index in [0.717, 1.165) is 4.90 Å². The zero-order valence-corrected chi connectivity index (χ0v) is 24.3. The predicted octanol–water partition coefficient (Wildman–Crippen LogP) is 6.70. The molecule has 1 saturated heterocycles. The van der Waals surface area contributed by atoms with Gasteiger partial charge in [0.25, 0.3) is 5.69 Å². The maximum atomic E-state index is 14.1. The first kappa shape index (κ1) is 27.6. The van der Waals surface area contributed by atoms with Gasteiger partial charge in [-0.05, 0) is 58.7 Å². The second kappa shape index (κ2) is 9.64. The highest BCUT2D eigenvalue weighted by Gasteiger charge is 2.73. The number of hydrogen-bond donors (Lipinski definition) is 0. The van der Waals surface area contributed by atoms with Crippen LogP contribution in [0.25, 0.3) is 0 Å². The van der Waals surface area contributed by atoms with Crippen molar-refractivity contribution in [1.82, 2.24) is 0 Å². The minimum Gasteiger partial charge on any atom is -0.457 e. The van der Waals surface area contributed by atoms with Crippen molar-refractivity contribution in [2.45, 2.75) is 16.4 Å². The molecule has 2 bridgehead atoms. The Morgan fingerprint density at radius 1 is 0.814 bits per heavy atom. The maximum Gasteiger partial charge on any atom is 0.338 e. The number of hydrogen-bond acceptors (Lipinski definition) is 6. The van der Waals surface area contributed by atoms with Crippen molar-refractivity contribution in [2.75, 3.05) is 4.90 Å². The zero-order chi connectivity index (χ0) is 30.3. The number of nitro benzene ring substituents is 1. The number of carbonyl (C=O) groups excluding carboxylic acids is 3. The minimum absolute atomic E-state index is 0.124. The van der Waals surface area contributed by atoms with Gasteiger partial charge in [-0.2, -0.15) is 0 Å². The standard InChI is InChI=1S/C32H19Cl3N2O6/c33-19-12-9-18(25(15-19)37(41)42)16-43-30(40)17-10-13-20(14-11-17)36-28(38)26-27(29(36)39)32(35)22-6-2-1-5-21(22)31(26,34)23-7-3-4-8-24(23)32/h1-15,26-27H,16H2/t26-,27+,31?,32?. The summed E-state index contributed by atoms with van der Waals surface area (Å²) in [5.41, 5.74) is 3.10. The summed E-state index contributed by atoms with van der Waals surface area (Å²) in [5.74, 6) is -3.62. The summed E-state index contributed by atoms with van der Waals surface area (Å²) in [6.07, 6.45) is 0. The lowest BCUT2D eigenvalue weighted by Gasteiger charge is -2.54. The molecule has 4 aromatic carbocycles. The summed E-state index contributed by atoms with van der Waals surface area (Å²) in [4.78, 5) is 50.2. The topological polar surface area (TPSA) is 107 Å². The number of amides is 2. The van der Waals surface area contributed by atoms with Gasteiger partial charge in [0, 0.05) is 11.1 Å². The van der Waals surface area contributed by atoms with Gasteiger partial charge >= 0.3 is 5.97 Å². The lowest BCUT2D eigenvalue weighted by Crippen LogP contribution is -2.57. The normalized spacial score (nSPS) is 24.8. The van der Waals surface area contributed by atoms with Crippen molar-refractivity contribution in [3.05, 3.63) is 140 Å². The van der Waals surface area contributed by atoms with E-state index in [4.69, 9.17) is 39.5 Å². The zero-order valence-electron chi connectivity index (χ0n) is 22.0. The molecular weight excluding hydrogens is 615 g/mol. The Bertz CT molecular complexity index is 1770. The Balaban J connectivity index is 1.19. The third-order valence-electron chi connectivity index (χ3n) is 8.55. The molecule has 8 rings (SSSR count). The first-order chi connectivity index (χ1) is 20.6. The smallest absolute Gasteiger partial charge is 0.338 e. The second-order valence-electron chi connectivity index (χ2n) is 10.6. The summed E-state index contributed by atoms with van der Waals surface area (Å²) in [6.45, 7) is -0.350. The number of carbonyl (C=O) groups is 3. The Morgan fingerprint density at radius 3 is 1.77 bits per heavy atom. The number of anilines is 1. The fourth-order valence-electron chi connectivity index (χ4n) is 6.72. The molecule has 0 N–H and O–H groups in total. The van der Waals surface area contributed by atoms with E-state index in [0.29, 0.717) is 22.3 Å². The molecule has 4 aliphatic rings. The molecule has 3 aliphatic carbocycles. The van der Waals surface area contributed by atoms with Crippen LogP contribution in [0, 0.1) is 22.0 Å². The summed E-state index contributed by atoms with van der Waals surface area (Å²) < 4.78 is 5.30. The van der Waals surface area contributed by atoms with Gasteiger partial charge in [0.05, 0.1) is 33.6 Å². The van der Waals surface area contributed by atoms with E-state index in [1.165, 1.54) is 42.5 Å². The van der Waals surface area contributed by atoms with Crippen molar-refractivity contribution < 1.29 is 24.0 Å². The van der Waals surface area contributed by atoms with Gasteiger partial charge in [0.2, 0.25) is 11.8 Å². The van der Waals surface area contributed by atoms with E-state index in [2.05, 4.69) is 0 Å². The SMILES string of the molecule is O=C(OCc1ccc(Cl)cc1[N+](=O)[O-])c1ccc(N2C(=O)[C@@H]3[C@H](C2=O)C2(Cl)c4ccccc4C3(Cl)c3ccccc32)cc1. The molecule has 0 unspecified atom stereocenters. The Morgan fingerprint density at radius 2 is 1.30 bits per heavy atom. The third kappa shape index (κ3) is 3.73. The van der Waals surface area contributed by atoms with Crippen molar-refractivity contribution in [3.8, 4) is 0 Å². The van der Waals surface area contributed by atoms with Crippen LogP contribution in [0.5, 0.6) is 0 Å². The monoisotopic (exact) mass is 632 g/mol. The maximum absolute atomic E-state index is 14.1. The number of alkyl halides is 2. The predicted molar refractivity (Wildman–Crippen MR) is 159 cm³/mol. The van der Waals surface area contributed by atoms with Crippen LogP contribution in [-0.2, 0) is 30.7 Å². The summed E-state index contributed by atoms with van der Waals surface area (Å²) in [5, 5.41) is 11.5. The molecule has 214 valence electrons. The average Bonchev–Trinajstić information content (AvgIpc) is 3.29. The van der Waals surface area contributed by atoms with Gasteiger partial charge in [0.15, 0.2) is 0 Å². The van der Waals surface area contributed by atoms with Crippen LogP contribution in [0.4, 0.5) is 11.4 Å². The Hall–Kier alpha value is -4.24. The number of imide groups is 1. The molecule has 2 amide bonds. The lowest BCUT2D eigenvalue weighted by molar-refractivity contribution is -0.385. The Labute approximate surface area is 259 Å². The molecule has 1 aliphatic heterocycles. The molecule has 1 fully saturated rings. The highest BCUT2D eigenvalue weighted by atomic mass is 35.5. The van der Waals surface area contributed by atoms with Crippen LogP contribution in [0.15, 0.2) is 91.0 Å². The number of benzene rings is 4. The van der Waals surface area contributed by atoms with E-state index in [9.17, 15) is 24.5 Å². The van der Waals surface area contributed by atoms with Crippen LogP contribution in [-0.4, -0.2) is 22.7 Å². The van der Waals surface area contributed by atoms with Gasteiger partial charge < -0.3 is 4.74 Å². The second-order valence-corrected chi connectivity index (χ2v) is 12.3. The molecule has 8 nitrogen and oxygen atoms in total. The molecule has 43 heavy (non-hydrogen) atoms. The van der Waals surface area contributed by atoms with Gasteiger partial charge in [-0.3, -0.25) is 19.7 Å². The molecule has 1 heterocycles. The fourth-order valence-corrected chi connectivity index (χ4v) is 7.99. The largest absolute Gasteiger partial charge is 0.457 e. The van der Waals surface area contributed by atoms with Crippen LogP contribution in [0.2, 0.25) is 5.02 Å². The molecule has 0 spiro atoms. The van der Waals surface area contributed by atoms with Crippen molar-refractivity contribution in [3.63, 3.8) is 0 Å². The fraction of sp³-hybridized carbons (Fsp3) is 0.156. The number of halogens is 3. The minimum atomic E-state index is -1.30. The molecule has 4 aromatic rings. The van der Waals surface area contributed by atoms with E-state index in [-0.39, 0.29) is 34.1 Å². The third-order valence-corrected chi connectivity index (χ3v) is 10.1. The summed E-state index contributed by atoms with van der Waals surface area (Å²) in [7, 11) is 0. The number of nitrogens with zero attached hydrogens (tertiary/aromatic N) is 2. The quantitative estimate of drug-likeness (QED) is 0.0796. The Kier molecular flexibility index (Phi) is 6.18. The molecule has 2 atom stereocenters. The highest BCUT2D eigenvalue weighted by molar-refractivity contribution is 6.38. The van der Waals surface area contributed by atoms with Gasteiger partial charge in [-0.1, -0.05) is 60.1 Å². The lowest BCUT2D eigenvalue weighted by atomic mass is 9.54. The summed E-state index contributed by atoms with van der Waals surface area (Å²) >= 11 is 20.8. The average molecular weight is 634 g/mol. The molecule has 0 radical (unpaired) electrons. The van der Waals surface area contributed by atoms with Crippen LogP contribution in [0.3, 0.4) is 0 Å². The van der Waals surface area contributed by atoms with Crippen molar-refractivity contribution in [1.29, 1.82) is 0 Å². The number of esters is 1. The molecule has 11 heteroatoms. The number of ether oxygens (including phenoxy) is 1. The van der Waals surface area contributed by atoms with E-state index in [1.807, 2.05) is 48.5 Å². The van der Waals surface area contributed by atoms with Crippen LogP contribution in [0.1, 0.15) is 38.2 Å². The highest BCUT2D eigenvalue weighted by Crippen LogP contribution is 2.69. The van der Waals surface area contributed by atoms with E-state index >= 15 is 0 Å². The summed E-state index contributed by atoms with van der Waals surface area (Å²) in [6, 6.07) is 24.6. The molecule has 0 saturated carbocycles. The molecule has 0 aromatic heterocycles. The van der Waals surface area contributed by atoms with E-state index in [1.54, 1.807) is 0 Å². The van der Waals surface area contributed by atoms with Gasteiger partial charge in [0.1, 0.15) is 16.4 Å². The first-order valence-corrected chi connectivity index (χ1v) is 14.4. The van der Waals surface area contributed by atoms with Gasteiger partial charge in [-0.25, -0.2) is 9.69 Å². The first-order valence-electron chi connectivity index (χ1n) is 13.2.